The number of carbonyl (C=O) groups excluding carboxylic acids is 4. The molecule has 0 aliphatic carbocycles. The van der Waals surface area contributed by atoms with Gasteiger partial charge in [-0.1, -0.05) is 26.7 Å². The highest BCUT2D eigenvalue weighted by atomic mass is 16.6. The Balaban J connectivity index is 1.53. The molecule has 4 rings (SSSR count). The minimum absolute atomic E-state index is 0.0610. The number of hydrogen-bond acceptors (Lipinski definition) is 6. The van der Waals surface area contributed by atoms with Gasteiger partial charge in [-0.15, -0.1) is 0 Å². The minimum Gasteiger partial charge on any atom is -0.371 e. The molecule has 4 aliphatic heterocycles. The molecule has 10 nitrogen and oxygen atoms in total. The van der Waals surface area contributed by atoms with Gasteiger partial charge in [-0.2, -0.15) is 0 Å². The molecule has 6 amide bonds. The number of urea groups is 2. The summed E-state index contributed by atoms with van der Waals surface area (Å²) in [6.07, 6.45) is 2.29. The van der Waals surface area contributed by atoms with Crippen LogP contribution in [0, 0.1) is 0 Å². The Morgan fingerprint density at radius 2 is 1.14 bits per heavy atom. The first-order valence-corrected chi connectivity index (χ1v) is 10.4. The first kappa shape index (κ1) is 20.1. The number of rotatable bonds is 10. The quantitative estimate of drug-likeness (QED) is 0.387. The molecule has 0 saturated carbocycles. The molecule has 4 atom stereocenters. The van der Waals surface area contributed by atoms with Crippen LogP contribution in [0.25, 0.3) is 0 Å². The zero-order valence-corrected chi connectivity index (χ0v) is 16.9. The maximum absolute atomic E-state index is 13.0. The third kappa shape index (κ3) is 3.83. The van der Waals surface area contributed by atoms with Crippen LogP contribution in [0.2, 0.25) is 0 Å². The Morgan fingerprint density at radius 1 is 0.759 bits per heavy atom. The highest BCUT2D eigenvalue weighted by Gasteiger charge is 2.51. The minimum atomic E-state index is -0.614. The summed E-state index contributed by atoms with van der Waals surface area (Å²) in [6, 6.07) is -2.05. The van der Waals surface area contributed by atoms with Crippen LogP contribution < -0.4 is 0 Å². The average molecular weight is 408 g/mol. The fourth-order valence-corrected chi connectivity index (χ4v) is 4.07. The van der Waals surface area contributed by atoms with Gasteiger partial charge in [-0.05, 0) is 12.8 Å². The SMILES string of the molecule is CCCC1C(=O)N(CC2CO2)C(=O)N1CN1C(=O)N(CC2CO2)C(=O)C1CCC. The molecule has 0 aromatic rings. The lowest BCUT2D eigenvalue weighted by Crippen LogP contribution is -2.48. The van der Waals surface area contributed by atoms with Crippen molar-refractivity contribution in [3.05, 3.63) is 0 Å². The van der Waals surface area contributed by atoms with Crippen LogP contribution in [0.15, 0.2) is 0 Å². The van der Waals surface area contributed by atoms with Crippen molar-refractivity contribution in [3.8, 4) is 0 Å². The second kappa shape index (κ2) is 7.91. The van der Waals surface area contributed by atoms with Gasteiger partial charge in [-0.3, -0.25) is 29.2 Å². The Labute approximate surface area is 169 Å². The van der Waals surface area contributed by atoms with Crippen LogP contribution in [0.3, 0.4) is 0 Å². The molecule has 0 aromatic heterocycles. The van der Waals surface area contributed by atoms with Gasteiger partial charge in [0, 0.05) is 0 Å². The predicted molar refractivity (Wildman–Crippen MR) is 99.6 cm³/mol. The summed E-state index contributed by atoms with van der Waals surface area (Å²) in [6.45, 7) is 5.41. The molecule has 0 N–H and O–H groups in total. The maximum atomic E-state index is 13.0. The number of ether oxygens (including phenoxy) is 2. The highest BCUT2D eigenvalue weighted by Crippen LogP contribution is 2.29. The van der Waals surface area contributed by atoms with E-state index in [0.29, 0.717) is 26.1 Å². The van der Waals surface area contributed by atoms with E-state index in [9.17, 15) is 19.2 Å². The fraction of sp³-hybridized carbons (Fsp3) is 0.789. The van der Waals surface area contributed by atoms with Crippen LogP contribution in [-0.4, -0.2) is 101 Å². The lowest BCUT2D eigenvalue weighted by Gasteiger charge is -2.29. The summed E-state index contributed by atoms with van der Waals surface area (Å²) in [5.41, 5.74) is 0. The third-order valence-electron chi connectivity index (χ3n) is 5.81. The van der Waals surface area contributed by atoms with E-state index in [0.717, 1.165) is 12.8 Å². The molecule has 4 unspecified atom stereocenters. The standard InChI is InChI=1S/C19H28N4O6/c1-3-5-14-16(24)20(7-12-9-28-12)18(26)22(14)11-23-15(6-4-2)17(25)21(19(23)27)8-13-10-29-13/h12-15H,3-11H2,1-2H3. The Kier molecular flexibility index (Phi) is 5.48. The maximum Gasteiger partial charge on any atom is 0.328 e. The van der Waals surface area contributed by atoms with E-state index in [2.05, 4.69) is 0 Å². The summed E-state index contributed by atoms with van der Waals surface area (Å²) < 4.78 is 10.4. The molecule has 29 heavy (non-hydrogen) atoms. The van der Waals surface area contributed by atoms with Gasteiger partial charge in [0.05, 0.1) is 38.5 Å². The average Bonchev–Trinajstić information content (AvgIpc) is 3.61. The van der Waals surface area contributed by atoms with E-state index in [-0.39, 0.29) is 43.8 Å². The number of imide groups is 2. The Bertz CT molecular complexity index is 649. The zero-order valence-electron chi connectivity index (χ0n) is 16.9. The van der Waals surface area contributed by atoms with Gasteiger partial charge < -0.3 is 9.47 Å². The highest BCUT2D eigenvalue weighted by molar-refractivity contribution is 6.06. The van der Waals surface area contributed by atoms with Crippen molar-refractivity contribution in [2.45, 2.75) is 63.8 Å². The number of epoxide rings is 2. The van der Waals surface area contributed by atoms with Crippen LogP contribution >= 0.6 is 0 Å². The van der Waals surface area contributed by atoms with Crippen LogP contribution in [0.4, 0.5) is 9.59 Å². The second-order valence-corrected chi connectivity index (χ2v) is 8.06. The molecule has 0 aromatic carbocycles. The molecule has 4 fully saturated rings. The Morgan fingerprint density at radius 3 is 1.45 bits per heavy atom. The van der Waals surface area contributed by atoms with Gasteiger partial charge in [0.2, 0.25) is 0 Å². The summed E-state index contributed by atoms with van der Waals surface area (Å²) in [5.74, 6) is -0.499. The van der Waals surface area contributed by atoms with Crippen molar-refractivity contribution >= 4 is 23.9 Å². The van der Waals surface area contributed by atoms with E-state index in [1.165, 1.54) is 19.6 Å². The number of carbonyl (C=O) groups is 4. The van der Waals surface area contributed by atoms with E-state index in [1.807, 2.05) is 13.8 Å². The first-order chi connectivity index (χ1) is 14.0. The third-order valence-corrected chi connectivity index (χ3v) is 5.81. The summed E-state index contributed by atoms with van der Waals surface area (Å²) >= 11 is 0. The molecule has 4 saturated heterocycles. The smallest absolute Gasteiger partial charge is 0.328 e. The lowest BCUT2D eigenvalue weighted by molar-refractivity contribution is -0.128. The van der Waals surface area contributed by atoms with Crippen molar-refractivity contribution in [1.82, 2.24) is 19.6 Å². The van der Waals surface area contributed by atoms with Crippen LogP contribution in [0.5, 0.6) is 0 Å². The Hall–Kier alpha value is -2.20. The summed E-state index contributed by atoms with van der Waals surface area (Å²) in [7, 11) is 0. The fourth-order valence-electron chi connectivity index (χ4n) is 4.07. The van der Waals surface area contributed by atoms with E-state index in [1.54, 1.807) is 0 Å². The van der Waals surface area contributed by atoms with Gasteiger partial charge in [0.15, 0.2) is 0 Å². The molecule has 4 heterocycles. The van der Waals surface area contributed by atoms with E-state index < -0.39 is 24.1 Å². The monoisotopic (exact) mass is 408 g/mol. The van der Waals surface area contributed by atoms with E-state index in [4.69, 9.17) is 9.47 Å². The van der Waals surface area contributed by atoms with Crippen LogP contribution in [-0.2, 0) is 19.1 Å². The first-order valence-electron chi connectivity index (χ1n) is 10.4. The van der Waals surface area contributed by atoms with Crippen LogP contribution in [0.1, 0.15) is 39.5 Å². The molecule has 10 heteroatoms. The van der Waals surface area contributed by atoms with Crippen molar-refractivity contribution < 1.29 is 28.7 Å². The molecule has 160 valence electrons. The molecule has 4 aliphatic rings. The van der Waals surface area contributed by atoms with Gasteiger partial charge in [-0.25, -0.2) is 9.59 Å². The van der Waals surface area contributed by atoms with Crippen molar-refractivity contribution in [2.24, 2.45) is 0 Å². The van der Waals surface area contributed by atoms with Gasteiger partial charge in [0.1, 0.15) is 18.8 Å². The van der Waals surface area contributed by atoms with Crippen molar-refractivity contribution in [2.75, 3.05) is 33.0 Å². The van der Waals surface area contributed by atoms with Gasteiger partial charge >= 0.3 is 12.1 Å². The molecule has 0 spiro atoms. The van der Waals surface area contributed by atoms with Crippen molar-refractivity contribution in [3.63, 3.8) is 0 Å². The zero-order chi connectivity index (χ0) is 20.7. The molecular formula is C19H28N4O6. The number of nitrogens with zero attached hydrogens (tertiary/aromatic N) is 4. The predicted octanol–water partition coefficient (Wildman–Crippen LogP) is 0.607. The van der Waals surface area contributed by atoms with Gasteiger partial charge in [0.25, 0.3) is 11.8 Å². The second-order valence-electron chi connectivity index (χ2n) is 8.06. The molecule has 0 radical (unpaired) electrons. The number of hydrogen-bond donors (Lipinski definition) is 0. The lowest BCUT2D eigenvalue weighted by atomic mass is 10.1. The molecular weight excluding hydrogens is 380 g/mol. The molecule has 0 bridgehead atoms. The summed E-state index contributed by atoms with van der Waals surface area (Å²) in [5, 5.41) is 0. The normalized spacial score (nSPS) is 31.5. The van der Waals surface area contributed by atoms with Crippen molar-refractivity contribution in [1.29, 1.82) is 0 Å². The number of amides is 6. The summed E-state index contributed by atoms with van der Waals surface area (Å²) in [4.78, 5) is 57.0. The topological polar surface area (TPSA) is 106 Å². The largest absolute Gasteiger partial charge is 0.371 e. The van der Waals surface area contributed by atoms with E-state index >= 15 is 0 Å².